The standard InChI is InChI=1S/C14H9BrCl2N4/c15-9-2-4-13(19-6-9)21-7-12(18)14(20-21)8-1-3-10(16)11(17)5-8/h1-7H,18H2. The van der Waals surface area contributed by atoms with E-state index in [-0.39, 0.29) is 0 Å². The quantitative estimate of drug-likeness (QED) is 0.704. The molecular weight excluding hydrogens is 375 g/mol. The fraction of sp³-hybridized carbons (Fsp3) is 0. The molecule has 0 saturated carbocycles. The van der Waals surface area contributed by atoms with E-state index in [0.717, 1.165) is 10.0 Å². The maximum Gasteiger partial charge on any atom is 0.153 e. The van der Waals surface area contributed by atoms with Gasteiger partial charge in [0.05, 0.1) is 21.9 Å². The number of nitrogens with zero attached hydrogens (tertiary/aromatic N) is 3. The van der Waals surface area contributed by atoms with Crippen LogP contribution in [0, 0.1) is 0 Å². The van der Waals surface area contributed by atoms with Crippen molar-refractivity contribution in [3.8, 4) is 17.1 Å². The number of aromatic nitrogens is 3. The van der Waals surface area contributed by atoms with Gasteiger partial charge in [-0.1, -0.05) is 29.3 Å². The number of hydrogen-bond donors (Lipinski definition) is 1. The Morgan fingerprint density at radius 2 is 1.90 bits per heavy atom. The molecule has 0 saturated heterocycles. The van der Waals surface area contributed by atoms with Crippen molar-refractivity contribution in [3.05, 3.63) is 57.2 Å². The Morgan fingerprint density at radius 3 is 2.57 bits per heavy atom. The van der Waals surface area contributed by atoms with Gasteiger partial charge in [0.2, 0.25) is 0 Å². The molecule has 2 aromatic heterocycles. The molecule has 2 heterocycles. The number of benzene rings is 1. The normalized spacial score (nSPS) is 10.8. The van der Waals surface area contributed by atoms with E-state index in [1.54, 1.807) is 29.2 Å². The summed E-state index contributed by atoms with van der Waals surface area (Å²) in [5.41, 5.74) is 8.01. The molecule has 0 unspecified atom stereocenters. The molecule has 1 aromatic carbocycles. The minimum atomic E-state index is 0.463. The molecule has 0 atom stereocenters. The van der Waals surface area contributed by atoms with Crippen LogP contribution in [0.5, 0.6) is 0 Å². The highest BCUT2D eigenvalue weighted by molar-refractivity contribution is 9.10. The van der Waals surface area contributed by atoms with Gasteiger partial charge in [0.1, 0.15) is 5.69 Å². The summed E-state index contributed by atoms with van der Waals surface area (Å²) in [6, 6.07) is 9.01. The molecular formula is C14H9BrCl2N4. The second kappa shape index (κ2) is 5.67. The molecule has 0 aliphatic heterocycles. The molecule has 0 spiro atoms. The molecule has 106 valence electrons. The van der Waals surface area contributed by atoms with Gasteiger partial charge in [-0.25, -0.2) is 9.67 Å². The maximum atomic E-state index is 6.03. The minimum Gasteiger partial charge on any atom is -0.396 e. The van der Waals surface area contributed by atoms with Crippen LogP contribution in [0.3, 0.4) is 0 Å². The van der Waals surface area contributed by atoms with Gasteiger partial charge < -0.3 is 5.73 Å². The van der Waals surface area contributed by atoms with Gasteiger partial charge in [0.25, 0.3) is 0 Å². The van der Waals surface area contributed by atoms with Gasteiger partial charge in [-0.05, 0) is 40.2 Å². The number of halogens is 3. The summed E-state index contributed by atoms with van der Waals surface area (Å²) in [7, 11) is 0. The van der Waals surface area contributed by atoms with Crippen LogP contribution in [0.2, 0.25) is 10.0 Å². The summed E-state index contributed by atoms with van der Waals surface area (Å²) < 4.78 is 2.52. The van der Waals surface area contributed by atoms with Crippen molar-refractivity contribution in [1.29, 1.82) is 0 Å². The Labute approximate surface area is 139 Å². The highest BCUT2D eigenvalue weighted by atomic mass is 79.9. The first-order valence-electron chi connectivity index (χ1n) is 5.97. The number of rotatable bonds is 2. The monoisotopic (exact) mass is 382 g/mol. The summed E-state index contributed by atoms with van der Waals surface area (Å²) in [6.07, 6.45) is 3.42. The molecule has 4 nitrogen and oxygen atoms in total. The highest BCUT2D eigenvalue weighted by Gasteiger charge is 2.11. The summed E-state index contributed by atoms with van der Waals surface area (Å²) in [5.74, 6) is 0.677. The van der Waals surface area contributed by atoms with Crippen molar-refractivity contribution >= 4 is 44.8 Å². The number of hydrogen-bond acceptors (Lipinski definition) is 3. The summed E-state index contributed by atoms with van der Waals surface area (Å²) >= 11 is 15.3. The van der Waals surface area contributed by atoms with E-state index in [4.69, 9.17) is 28.9 Å². The van der Waals surface area contributed by atoms with Gasteiger partial charge in [0.15, 0.2) is 5.82 Å². The lowest BCUT2D eigenvalue weighted by Crippen LogP contribution is -1.97. The van der Waals surface area contributed by atoms with E-state index >= 15 is 0 Å². The van der Waals surface area contributed by atoms with Gasteiger partial charge in [-0.15, -0.1) is 0 Å². The number of nitrogens with two attached hydrogens (primary N) is 1. The Hall–Kier alpha value is -1.56. The van der Waals surface area contributed by atoms with Crippen LogP contribution in [-0.4, -0.2) is 14.8 Å². The second-order valence-electron chi connectivity index (χ2n) is 4.34. The Balaban J connectivity index is 2.05. The predicted octanol–water partition coefficient (Wildman–Crippen LogP) is 4.59. The van der Waals surface area contributed by atoms with Crippen molar-refractivity contribution in [2.24, 2.45) is 0 Å². The Kier molecular flexibility index (Phi) is 3.89. The number of pyridine rings is 1. The van der Waals surface area contributed by atoms with Crippen LogP contribution in [0.1, 0.15) is 0 Å². The Morgan fingerprint density at radius 1 is 1.10 bits per heavy atom. The fourth-order valence-electron chi connectivity index (χ4n) is 1.88. The largest absolute Gasteiger partial charge is 0.396 e. The molecule has 0 aliphatic carbocycles. The zero-order chi connectivity index (χ0) is 15.0. The van der Waals surface area contributed by atoms with E-state index in [2.05, 4.69) is 26.0 Å². The average Bonchev–Trinajstić information content (AvgIpc) is 2.85. The lowest BCUT2D eigenvalue weighted by molar-refractivity contribution is 0.849. The molecule has 0 amide bonds. The molecule has 2 N–H and O–H groups in total. The molecule has 0 radical (unpaired) electrons. The first-order valence-corrected chi connectivity index (χ1v) is 7.52. The summed E-state index contributed by atoms with van der Waals surface area (Å²) in [6.45, 7) is 0. The van der Waals surface area contributed by atoms with Crippen LogP contribution in [-0.2, 0) is 0 Å². The maximum absolute atomic E-state index is 6.03. The smallest absolute Gasteiger partial charge is 0.153 e. The molecule has 3 aromatic rings. The van der Waals surface area contributed by atoms with Crippen molar-refractivity contribution < 1.29 is 0 Å². The van der Waals surface area contributed by atoms with Crippen LogP contribution in [0.25, 0.3) is 17.1 Å². The first kappa shape index (κ1) is 14.4. The van der Waals surface area contributed by atoms with E-state index in [9.17, 15) is 0 Å². The van der Waals surface area contributed by atoms with E-state index < -0.39 is 0 Å². The van der Waals surface area contributed by atoms with E-state index in [0.29, 0.717) is 27.2 Å². The van der Waals surface area contributed by atoms with Crippen molar-refractivity contribution in [2.75, 3.05) is 5.73 Å². The zero-order valence-corrected chi connectivity index (χ0v) is 13.7. The van der Waals surface area contributed by atoms with Gasteiger partial charge in [-0.3, -0.25) is 0 Å². The molecule has 21 heavy (non-hydrogen) atoms. The lowest BCUT2D eigenvalue weighted by Gasteiger charge is -2.01. The predicted molar refractivity (Wildman–Crippen MR) is 88.9 cm³/mol. The molecule has 0 aliphatic rings. The average molecular weight is 384 g/mol. The first-order chi connectivity index (χ1) is 10.0. The van der Waals surface area contributed by atoms with Gasteiger partial charge >= 0.3 is 0 Å². The summed E-state index contributed by atoms with van der Waals surface area (Å²) in [4.78, 5) is 4.28. The van der Waals surface area contributed by atoms with Gasteiger partial charge in [-0.2, -0.15) is 5.10 Å². The third-order valence-electron chi connectivity index (χ3n) is 2.88. The molecule has 3 rings (SSSR count). The number of nitrogen functional groups attached to an aromatic ring is 1. The zero-order valence-electron chi connectivity index (χ0n) is 10.6. The lowest BCUT2D eigenvalue weighted by atomic mass is 10.1. The molecule has 0 fully saturated rings. The topological polar surface area (TPSA) is 56.7 Å². The van der Waals surface area contributed by atoms with Crippen molar-refractivity contribution in [1.82, 2.24) is 14.8 Å². The summed E-state index contributed by atoms with van der Waals surface area (Å²) in [5, 5.41) is 5.42. The Bertz CT molecular complexity index is 799. The highest BCUT2D eigenvalue weighted by Crippen LogP contribution is 2.31. The fourth-order valence-corrected chi connectivity index (χ4v) is 2.41. The molecule has 7 heteroatoms. The number of anilines is 1. The van der Waals surface area contributed by atoms with Crippen molar-refractivity contribution in [3.63, 3.8) is 0 Å². The minimum absolute atomic E-state index is 0.463. The van der Waals surface area contributed by atoms with Crippen LogP contribution < -0.4 is 5.73 Å². The third-order valence-corrected chi connectivity index (χ3v) is 4.09. The van der Waals surface area contributed by atoms with E-state index in [1.807, 2.05) is 18.2 Å². The SMILES string of the molecule is Nc1cn(-c2ccc(Br)cn2)nc1-c1ccc(Cl)c(Cl)c1. The second-order valence-corrected chi connectivity index (χ2v) is 6.07. The van der Waals surface area contributed by atoms with Crippen molar-refractivity contribution in [2.45, 2.75) is 0 Å². The van der Waals surface area contributed by atoms with Crippen LogP contribution >= 0.6 is 39.1 Å². The molecule has 0 bridgehead atoms. The third kappa shape index (κ3) is 2.90. The van der Waals surface area contributed by atoms with E-state index in [1.165, 1.54) is 0 Å². The van der Waals surface area contributed by atoms with Crippen LogP contribution in [0.4, 0.5) is 5.69 Å². The van der Waals surface area contributed by atoms with Gasteiger partial charge in [0, 0.05) is 16.2 Å². The van der Waals surface area contributed by atoms with Crippen LogP contribution in [0.15, 0.2) is 47.2 Å².